The molecule has 0 heterocycles. The van der Waals surface area contributed by atoms with Gasteiger partial charge in [0, 0.05) is 5.92 Å². The molecule has 1 aromatic carbocycles. The normalized spacial score (nSPS) is 22.3. The molecule has 0 saturated heterocycles. The molecular weight excluding hydrogens is 278 g/mol. The summed E-state index contributed by atoms with van der Waals surface area (Å²) < 4.78 is 0. The molecule has 20 heavy (non-hydrogen) atoms. The summed E-state index contributed by atoms with van der Waals surface area (Å²) in [6, 6.07) is 5.44. The summed E-state index contributed by atoms with van der Waals surface area (Å²) in [4.78, 5) is 23.2. The van der Waals surface area contributed by atoms with Gasteiger partial charge < -0.3 is 10.4 Å². The van der Waals surface area contributed by atoms with Crippen LogP contribution >= 0.6 is 11.6 Å². The third kappa shape index (κ3) is 3.51. The van der Waals surface area contributed by atoms with E-state index in [1.165, 1.54) is 0 Å². The summed E-state index contributed by atoms with van der Waals surface area (Å²) in [6.45, 7) is 1.93. The Labute approximate surface area is 123 Å². The van der Waals surface area contributed by atoms with E-state index in [0.29, 0.717) is 23.6 Å². The van der Waals surface area contributed by atoms with Crippen LogP contribution in [0.15, 0.2) is 18.2 Å². The SMILES string of the molecule is Cc1ccc(NC(=O)C2CCCC(C(=O)O)C2)c(Cl)c1. The molecule has 0 spiro atoms. The summed E-state index contributed by atoms with van der Waals surface area (Å²) in [5, 5.41) is 12.4. The van der Waals surface area contributed by atoms with Gasteiger partial charge in [0.25, 0.3) is 0 Å². The van der Waals surface area contributed by atoms with Crippen molar-refractivity contribution in [1.82, 2.24) is 0 Å². The molecule has 1 aliphatic rings. The van der Waals surface area contributed by atoms with Gasteiger partial charge in [0.15, 0.2) is 0 Å². The van der Waals surface area contributed by atoms with Crippen molar-refractivity contribution >= 4 is 29.2 Å². The molecule has 4 nitrogen and oxygen atoms in total. The Hall–Kier alpha value is -1.55. The number of aliphatic carboxylic acids is 1. The fourth-order valence-electron chi connectivity index (χ4n) is 2.61. The maximum atomic E-state index is 12.2. The molecular formula is C15H18ClNO3. The van der Waals surface area contributed by atoms with E-state index in [-0.39, 0.29) is 11.8 Å². The summed E-state index contributed by atoms with van der Waals surface area (Å²) in [5.41, 5.74) is 1.61. The van der Waals surface area contributed by atoms with Gasteiger partial charge in [-0.3, -0.25) is 9.59 Å². The number of hydrogen-bond acceptors (Lipinski definition) is 2. The lowest BCUT2D eigenvalue weighted by molar-refractivity contribution is -0.143. The first-order valence-corrected chi connectivity index (χ1v) is 7.15. The third-order valence-electron chi connectivity index (χ3n) is 3.78. The van der Waals surface area contributed by atoms with Gasteiger partial charge in [-0.15, -0.1) is 0 Å². The molecule has 1 aliphatic carbocycles. The number of carbonyl (C=O) groups is 2. The number of benzene rings is 1. The van der Waals surface area contributed by atoms with E-state index in [1.54, 1.807) is 12.1 Å². The van der Waals surface area contributed by atoms with Crippen molar-refractivity contribution in [2.75, 3.05) is 5.32 Å². The number of hydrogen-bond donors (Lipinski definition) is 2. The zero-order valence-corrected chi connectivity index (χ0v) is 12.1. The number of carboxylic acid groups (broad SMARTS) is 1. The third-order valence-corrected chi connectivity index (χ3v) is 4.09. The fourth-order valence-corrected chi connectivity index (χ4v) is 2.89. The van der Waals surface area contributed by atoms with Crippen LogP contribution in [-0.2, 0) is 9.59 Å². The molecule has 108 valence electrons. The molecule has 1 saturated carbocycles. The molecule has 5 heteroatoms. The number of halogens is 1. The lowest BCUT2D eigenvalue weighted by Gasteiger charge is -2.25. The van der Waals surface area contributed by atoms with E-state index in [9.17, 15) is 9.59 Å². The molecule has 0 aromatic heterocycles. The second-order valence-electron chi connectivity index (χ2n) is 5.37. The van der Waals surface area contributed by atoms with E-state index in [1.807, 2.05) is 13.0 Å². The Balaban J connectivity index is 2.02. The zero-order chi connectivity index (χ0) is 14.7. The van der Waals surface area contributed by atoms with Crippen LogP contribution in [0.4, 0.5) is 5.69 Å². The van der Waals surface area contributed by atoms with Gasteiger partial charge in [-0.25, -0.2) is 0 Å². The van der Waals surface area contributed by atoms with Gasteiger partial charge in [-0.2, -0.15) is 0 Å². The second kappa shape index (κ2) is 6.27. The summed E-state index contributed by atoms with van der Waals surface area (Å²) in [6.07, 6.45) is 2.57. The van der Waals surface area contributed by atoms with Crippen molar-refractivity contribution in [2.24, 2.45) is 11.8 Å². The van der Waals surface area contributed by atoms with Gasteiger partial charge >= 0.3 is 5.97 Å². The Bertz CT molecular complexity index is 530. The van der Waals surface area contributed by atoms with Crippen LogP contribution in [0, 0.1) is 18.8 Å². The number of carboxylic acids is 1. The standard InChI is InChI=1S/C15H18ClNO3/c1-9-5-6-13(12(16)7-9)17-14(18)10-3-2-4-11(8-10)15(19)20/h5-7,10-11H,2-4,8H2,1H3,(H,17,18)(H,19,20). The van der Waals surface area contributed by atoms with Crippen LogP contribution in [-0.4, -0.2) is 17.0 Å². The van der Waals surface area contributed by atoms with Crippen molar-refractivity contribution < 1.29 is 14.7 Å². The number of carbonyl (C=O) groups excluding carboxylic acids is 1. The molecule has 0 bridgehead atoms. The number of nitrogens with one attached hydrogen (secondary N) is 1. The lowest BCUT2D eigenvalue weighted by Crippen LogP contribution is -2.31. The highest BCUT2D eigenvalue weighted by Crippen LogP contribution is 2.31. The van der Waals surface area contributed by atoms with E-state index in [2.05, 4.69) is 5.32 Å². The number of amides is 1. The Morgan fingerprint density at radius 1 is 1.30 bits per heavy atom. The van der Waals surface area contributed by atoms with E-state index in [4.69, 9.17) is 16.7 Å². The minimum atomic E-state index is -0.809. The predicted octanol–water partition coefficient (Wildman–Crippen LogP) is 3.48. The van der Waals surface area contributed by atoms with E-state index >= 15 is 0 Å². The van der Waals surface area contributed by atoms with E-state index < -0.39 is 11.9 Å². The van der Waals surface area contributed by atoms with Crippen molar-refractivity contribution in [3.05, 3.63) is 28.8 Å². The van der Waals surface area contributed by atoms with Gasteiger partial charge in [0.05, 0.1) is 16.6 Å². The average molecular weight is 296 g/mol. The maximum absolute atomic E-state index is 12.2. The summed E-state index contributed by atoms with van der Waals surface area (Å²) in [7, 11) is 0. The van der Waals surface area contributed by atoms with Crippen LogP contribution in [0.1, 0.15) is 31.2 Å². The second-order valence-corrected chi connectivity index (χ2v) is 5.78. The highest BCUT2D eigenvalue weighted by molar-refractivity contribution is 6.33. The van der Waals surface area contributed by atoms with Crippen molar-refractivity contribution in [1.29, 1.82) is 0 Å². The largest absolute Gasteiger partial charge is 0.481 e. The van der Waals surface area contributed by atoms with Crippen LogP contribution in [0.5, 0.6) is 0 Å². The van der Waals surface area contributed by atoms with Crippen LogP contribution in [0.2, 0.25) is 5.02 Å². The van der Waals surface area contributed by atoms with Crippen molar-refractivity contribution in [3.63, 3.8) is 0 Å². The molecule has 2 N–H and O–H groups in total. The molecule has 1 fully saturated rings. The topological polar surface area (TPSA) is 66.4 Å². The van der Waals surface area contributed by atoms with Crippen LogP contribution < -0.4 is 5.32 Å². The Morgan fingerprint density at radius 2 is 2.00 bits per heavy atom. The highest BCUT2D eigenvalue weighted by atomic mass is 35.5. The zero-order valence-electron chi connectivity index (χ0n) is 11.4. The van der Waals surface area contributed by atoms with Gasteiger partial charge in [0.1, 0.15) is 0 Å². The van der Waals surface area contributed by atoms with Crippen molar-refractivity contribution in [2.45, 2.75) is 32.6 Å². The summed E-state index contributed by atoms with van der Waals surface area (Å²) >= 11 is 6.08. The smallest absolute Gasteiger partial charge is 0.306 e. The quantitative estimate of drug-likeness (QED) is 0.897. The average Bonchev–Trinajstić information content (AvgIpc) is 2.42. The van der Waals surface area contributed by atoms with Crippen molar-refractivity contribution in [3.8, 4) is 0 Å². The van der Waals surface area contributed by atoms with Crippen LogP contribution in [0.25, 0.3) is 0 Å². The first-order chi connectivity index (χ1) is 9.47. The van der Waals surface area contributed by atoms with Gasteiger partial charge in [-0.05, 0) is 43.9 Å². The van der Waals surface area contributed by atoms with Gasteiger partial charge in [0.2, 0.25) is 5.91 Å². The first-order valence-electron chi connectivity index (χ1n) is 6.77. The lowest BCUT2D eigenvalue weighted by atomic mass is 9.81. The molecule has 2 unspecified atom stereocenters. The summed E-state index contributed by atoms with van der Waals surface area (Å²) in [5.74, 6) is -1.60. The minimum Gasteiger partial charge on any atom is -0.481 e. The highest BCUT2D eigenvalue weighted by Gasteiger charge is 2.31. The number of aryl methyl sites for hydroxylation is 1. The minimum absolute atomic E-state index is 0.137. The Kier molecular flexibility index (Phi) is 4.65. The molecule has 1 amide bonds. The van der Waals surface area contributed by atoms with E-state index in [0.717, 1.165) is 18.4 Å². The monoisotopic (exact) mass is 295 g/mol. The number of anilines is 1. The molecule has 2 rings (SSSR count). The predicted molar refractivity (Wildman–Crippen MR) is 77.9 cm³/mol. The molecule has 0 aliphatic heterocycles. The van der Waals surface area contributed by atoms with Crippen LogP contribution in [0.3, 0.4) is 0 Å². The fraction of sp³-hybridized carbons (Fsp3) is 0.467. The molecule has 2 atom stereocenters. The molecule has 0 radical (unpaired) electrons. The maximum Gasteiger partial charge on any atom is 0.306 e. The van der Waals surface area contributed by atoms with Gasteiger partial charge in [-0.1, -0.05) is 24.1 Å². The first kappa shape index (κ1) is 14.9. The number of rotatable bonds is 3. The Morgan fingerprint density at radius 3 is 2.65 bits per heavy atom. The molecule has 1 aromatic rings.